The number of carbonyl (C=O) groups excluding carboxylic acids is 3. The Hall–Kier alpha value is -1.47. The molecule has 158 valence electrons. The van der Waals surface area contributed by atoms with E-state index in [1.54, 1.807) is 13.8 Å². The smallest absolute Gasteiger partial charge is 0.326 e. The van der Waals surface area contributed by atoms with Crippen LogP contribution in [0, 0.1) is 0 Å². The highest BCUT2D eigenvalue weighted by molar-refractivity contribution is 5.83. The number of nitrogens with two attached hydrogens (primary N) is 1. The van der Waals surface area contributed by atoms with E-state index in [2.05, 4.69) is 0 Å². The number of ketones is 1. The van der Waals surface area contributed by atoms with Gasteiger partial charge in [0.15, 0.2) is 0 Å². The summed E-state index contributed by atoms with van der Waals surface area (Å²) < 4.78 is 15.2. The fourth-order valence-electron chi connectivity index (χ4n) is 2.72. The van der Waals surface area contributed by atoms with Crippen molar-refractivity contribution in [3.8, 4) is 0 Å². The van der Waals surface area contributed by atoms with Gasteiger partial charge in [0.2, 0.25) is 0 Å². The van der Waals surface area contributed by atoms with Gasteiger partial charge in [0.05, 0.1) is 19.8 Å². The molecule has 1 unspecified atom stereocenters. The van der Waals surface area contributed by atoms with Crippen molar-refractivity contribution < 1.29 is 28.6 Å². The minimum atomic E-state index is -1.14. The summed E-state index contributed by atoms with van der Waals surface area (Å²) >= 11 is 0. The number of rotatable bonds is 17. The molecule has 0 spiro atoms. The molecule has 7 nitrogen and oxygen atoms in total. The fourth-order valence-corrected chi connectivity index (χ4v) is 2.72. The quantitative estimate of drug-likeness (QED) is 0.302. The first-order valence-electron chi connectivity index (χ1n) is 10.1. The van der Waals surface area contributed by atoms with Crippen LogP contribution in [0.25, 0.3) is 0 Å². The van der Waals surface area contributed by atoms with Crippen molar-refractivity contribution in [2.24, 2.45) is 5.73 Å². The standard InChI is InChI=1S/C20H37NO6/c1-4-25-16-13-17(22)12-15-20(21,19(24)27-6-3)14-10-8-7-9-11-18(23)26-5-2/h4-16,21H2,1-3H3. The second kappa shape index (κ2) is 15.6. The molecule has 0 aromatic carbocycles. The largest absolute Gasteiger partial charge is 0.466 e. The van der Waals surface area contributed by atoms with Gasteiger partial charge >= 0.3 is 11.9 Å². The number of carbonyl (C=O) groups is 3. The molecule has 0 saturated carbocycles. The Morgan fingerprint density at radius 1 is 0.778 bits per heavy atom. The molecule has 1 atom stereocenters. The Balaban J connectivity index is 4.31. The summed E-state index contributed by atoms with van der Waals surface area (Å²) in [4.78, 5) is 35.5. The monoisotopic (exact) mass is 387 g/mol. The van der Waals surface area contributed by atoms with Crippen LogP contribution < -0.4 is 5.73 Å². The topological polar surface area (TPSA) is 105 Å². The number of hydrogen-bond acceptors (Lipinski definition) is 7. The van der Waals surface area contributed by atoms with Crippen molar-refractivity contribution in [3.63, 3.8) is 0 Å². The second-order valence-electron chi connectivity index (χ2n) is 6.58. The highest BCUT2D eigenvalue weighted by atomic mass is 16.5. The summed E-state index contributed by atoms with van der Waals surface area (Å²) in [6, 6.07) is 0. The first-order chi connectivity index (χ1) is 12.9. The summed E-state index contributed by atoms with van der Waals surface area (Å²) in [5.74, 6) is -0.589. The first kappa shape index (κ1) is 25.5. The molecule has 7 heteroatoms. The summed E-state index contributed by atoms with van der Waals surface area (Å²) in [5.41, 5.74) is 5.16. The maximum atomic E-state index is 12.3. The van der Waals surface area contributed by atoms with E-state index in [9.17, 15) is 14.4 Å². The number of hydrogen-bond donors (Lipinski definition) is 1. The minimum absolute atomic E-state index is 0.0389. The van der Waals surface area contributed by atoms with Crippen LogP contribution in [0.5, 0.6) is 0 Å². The van der Waals surface area contributed by atoms with Gasteiger partial charge in [0.1, 0.15) is 11.3 Å². The average molecular weight is 388 g/mol. The van der Waals surface area contributed by atoms with E-state index in [-0.39, 0.29) is 31.2 Å². The lowest BCUT2D eigenvalue weighted by molar-refractivity contribution is -0.150. The summed E-state index contributed by atoms with van der Waals surface area (Å²) in [7, 11) is 0. The molecule has 0 amide bonds. The highest BCUT2D eigenvalue weighted by Gasteiger charge is 2.35. The SMILES string of the molecule is CCOCCC(=O)CCC(N)(CCCCCCC(=O)OCC)C(=O)OCC. The number of ether oxygens (including phenoxy) is 3. The molecule has 0 aliphatic heterocycles. The third kappa shape index (κ3) is 12.5. The van der Waals surface area contributed by atoms with E-state index < -0.39 is 11.5 Å². The molecule has 0 aliphatic carbocycles. The molecule has 0 aliphatic rings. The Morgan fingerprint density at radius 2 is 1.44 bits per heavy atom. The average Bonchev–Trinajstić information content (AvgIpc) is 2.63. The van der Waals surface area contributed by atoms with Crippen LogP contribution in [0.3, 0.4) is 0 Å². The Bertz CT molecular complexity index is 440. The normalized spacial score (nSPS) is 13.0. The van der Waals surface area contributed by atoms with Crippen LogP contribution in [0.2, 0.25) is 0 Å². The third-order valence-corrected chi connectivity index (χ3v) is 4.32. The predicted octanol–water partition coefficient (Wildman–Crippen LogP) is 2.93. The molecule has 27 heavy (non-hydrogen) atoms. The molecule has 0 aromatic heterocycles. The Morgan fingerprint density at radius 3 is 2.07 bits per heavy atom. The van der Waals surface area contributed by atoms with Gasteiger partial charge in [0, 0.05) is 25.9 Å². The lowest BCUT2D eigenvalue weighted by atomic mass is 9.87. The number of unbranched alkanes of at least 4 members (excludes halogenated alkanes) is 3. The van der Waals surface area contributed by atoms with Gasteiger partial charge in [-0.25, -0.2) is 0 Å². The van der Waals surface area contributed by atoms with Crippen LogP contribution in [-0.4, -0.2) is 49.7 Å². The molecule has 0 saturated heterocycles. The minimum Gasteiger partial charge on any atom is -0.466 e. The summed E-state index contributed by atoms with van der Waals surface area (Å²) in [5, 5.41) is 0. The molecule has 2 N–H and O–H groups in total. The van der Waals surface area contributed by atoms with Crippen molar-refractivity contribution >= 4 is 17.7 Å². The zero-order valence-electron chi connectivity index (χ0n) is 17.2. The maximum Gasteiger partial charge on any atom is 0.326 e. The maximum absolute atomic E-state index is 12.3. The van der Waals surface area contributed by atoms with Gasteiger partial charge < -0.3 is 19.9 Å². The lowest BCUT2D eigenvalue weighted by Crippen LogP contribution is -2.49. The van der Waals surface area contributed by atoms with Crippen molar-refractivity contribution in [2.75, 3.05) is 26.4 Å². The van der Waals surface area contributed by atoms with Crippen molar-refractivity contribution in [3.05, 3.63) is 0 Å². The van der Waals surface area contributed by atoms with Crippen LogP contribution in [0.15, 0.2) is 0 Å². The third-order valence-electron chi connectivity index (χ3n) is 4.32. The number of esters is 2. The van der Waals surface area contributed by atoms with E-state index in [0.717, 1.165) is 25.7 Å². The van der Waals surface area contributed by atoms with Gasteiger partial charge in [-0.15, -0.1) is 0 Å². The zero-order valence-corrected chi connectivity index (χ0v) is 17.2. The number of Topliss-reactive ketones (excluding diaryl/α,β-unsaturated/α-hetero) is 1. The fraction of sp³-hybridized carbons (Fsp3) is 0.850. The van der Waals surface area contributed by atoms with Gasteiger partial charge in [-0.3, -0.25) is 14.4 Å². The molecule has 0 rings (SSSR count). The predicted molar refractivity (Wildman–Crippen MR) is 103 cm³/mol. The molecule has 0 bridgehead atoms. The molecular formula is C20H37NO6. The van der Waals surface area contributed by atoms with Gasteiger partial charge in [0.25, 0.3) is 0 Å². The van der Waals surface area contributed by atoms with Crippen LogP contribution in [0.1, 0.15) is 78.6 Å². The summed E-state index contributed by atoms with van der Waals surface area (Å²) in [6.07, 6.45) is 4.95. The van der Waals surface area contributed by atoms with Crippen LogP contribution in [-0.2, 0) is 28.6 Å². The van der Waals surface area contributed by atoms with E-state index in [0.29, 0.717) is 39.1 Å². The molecule has 0 radical (unpaired) electrons. The van der Waals surface area contributed by atoms with E-state index in [4.69, 9.17) is 19.9 Å². The Labute approximate surface area is 163 Å². The lowest BCUT2D eigenvalue weighted by Gasteiger charge is -2.27. The Kier molecular flexibility index (Phi) is 14.7. The van der Waals surface area contributed by atoms with E-state index in [1.165, 1.54) is 0 Å². The van der Waals surface area contributed by atoms with E-state index in [1.807, 2.05) is 6.92 Å². The molecule has 0 aromatic rings. The van der Waals surface area contributed by atoms with Gasteiger partial charge in [-0.05, 0) is 40.0 Å². The molecule has 0 heterocycles. The van der Waals surface area contributed by atoms with Gasteiger partial charge in [-0.1, -0.05) is 19.3 Å². The molecular weight excluding hydrogens is 350 g/mol. The van der Waals surface area contributed by atoms with Crippen molar-refractivity contribution in [2.45, 2.75) is 84.1 Å². The molecule has 0 fully saturated rings. The van der Waals surface area contributed by atoms with Crippen molar-refractivity contribution in [1.29, 1.82) is 0 Å². The second-order valence-corrected chi connectivity index (χ2v) is 6.58. The van der Waals surface area contributed by atoms with Crippen LogP contribution in [0.4, 0.5) is 0 Å². The summed E-state index contributed by atoms with van der Waals surface area (Å²) in [6.45, 7) is 7.03. The van der Waals surface area contributed by atoms with E-state index >= 15 is 0 Å². The highest BCUT2D eigenvalue weighted by Crippen LogP contribution is 2.22. The first-order valence-corrected chi connectivity index (χ1v) is 10.1. The van der Waals surface area contributed by atoms with Crippen molar-refractivity contribution in [1.82, 2.24) is 0 Å². The van der Waals surface area contributed by atoms with Gasteiger partial charge in [-0.2, -0.15) is 0 Å². The zero-order chi connectivity index (χ0) is 20.5. The van der Waals surface area contributed by atoms with Crippen LogP contribution >= 0.6 is 0 Å².